The van der Waals surface area contributed by atoms with E-state index in [1.54, 1.807) is 43.3 Å². The number of para-hydroxylation sites is 1. The molecule has 0 aliphatic heterocycles. The molecule has 2 N–H and O–H groups in total. The van der Waals surface area contributed by atoms with Crippen molar-refractivity contribution in [2.24, 2.45) is 0 Å². The molecule has 0 bridgehead atoms. The van der Waals surface area contributed by atoms with Crippen molar-refractivity contribution in [3.8, 4) is 5.75 Å². The summed E-state index contributed by atoms with van der Waals surface area (Å²) in [4.78, 5) is 10.3. The Morgan fingerprint density at radius 2 is 2.00 bits per heavy atom. The minimum absolute atomic E-state index is 0.178. The summed E-state index contributed by atoms with van der Waals surface area (Å²) in [6, 6.07) is 6.86. The van der Waals surface area contributed by atoms with Crippen LogP contribution in [0.3, 0.4) is 0 Å². The van der Waals surface area contributed by atoms with Crippen molar-refractivity contribution in [2.45, 2.75) is 6.92 Å². The predicted molar refractivity (Wildman–Crippen MR) is 58.5 cm³/mol. The number of carboxylic acid groups (broad SMARTS) is 1. The fourth-order valence-corrected chi connectivity index (χ4v) is 1.09. The molecule has 1 rings (SSSR count). The van der Waals surface area contributed by atoms with Crippen LogP contribution >= 0.6 is 0 Å². The summed E-state index contributed by atoms with van der Waals surface area (Å²) >= 11 is 0. The Bertz CT molecular complexity index is 417. The van der Waals surface area contributed by atoms with Crippen LogP contribution in [0.2, 0.25) is 0 Å². The molecule has 0 saturated carbocycles. The highest BCUT2D eigenvalue weighted by Gasteiger charge is 1.94. The van der Waals surface area contributed by atoms with Gasteiger partial charge in [-0.1, -0.05) is 30.4 Å². The van der Waals surface area contributed by atoms with Gasteiger partial charge in [-0.25, -0.2) is 4.79 Å². The minimum Gasteiger partial charge on any atom is -0.507 e. The number of hydrogen-bond acceptors (Lipinski definition) is 2. The Morgan fingerprint density at radius 1 is 1.33 bits per heavy atom. The number of allylic oxidation sites excluding steroid dienone is 2. The number of aromatic hydroxyl groups is 1. The van der Waals surface area contributed by atoms with Crippen LogP contribution in [0.15, 0.2) is 42.0 Å². The first kappa shape index (κ1) is 11.0. The molecule has 0 saturated heterocycles. The van der Waals surface area contributed by atoms with Crippen LogP contribution < -0.4 is 0 Å². The molecule has 1 aromatic rings. The summed E-state index contributed by atoms with van der Waals surface area (Å²) in [6.07, 6.45) is 4.42. The Morgan fingerprint density at radius 3 is 2.60 bits per heavy atom. The summed E-state index contributed by atoms with van der Waals surface area (Å²) in [6.45, 7) is 1.69. The number of aliphatic carboxylic acids is 1. The molecule has 0 spiro atoms. The van der Waals surface area contributed by atoms with Gasteiger partial charge in [-0.3, -0.25) is 0 Å². The van der Waals surface area contributed by atoms with E-state index in [1.807, 2.05) is 0 Å². The van der Waals surface area contributed by atoms with Gasteiger partial charge < -0.3 is 10.2 Å². The number of carbonyl (C=O) groups is 1. The van der Waals surface area contributed by atoms with E-state index in [0.29, 0.717) is 11.1 Å². The SMILES string of the molecule is CC(/C=C/c1ccccc1O)=C\C(=O)O. The topological polar surface area (TPSA) is 57.5 Å². The summed E-state index contributed by atoms with van der Waals surface area (Å²) in [5, 5.41) is 17.9. The van der Waals surface area contributed by atoms with E-state index in [2.05, 4.69) is 0 Å². The quantitative estimate of drug-likeness (QED) is 0.587. The molecule has 0 aliphatic carbocycles. The first-order valence-corrected chi connectivity index (χ1v) is 4.47. The van der Waals surface area contributed by atoms with E-state index in [4.69, 9.17) is 5.11 Å². The average Bonchev–Trinajstić information content (AvgIpc) is 2.15. The highest BCUT2D eigenvalue weighted by molar-refractivity contribution is 5.81. The van der Waals surface area contributed by atoms with Crippen molar-refractivity contribution in [1.82, 2.24) is 0 Å². The zero-order chi connectivity index (χ0) is 11.3. The number of rotatable bonds is 3. The Labute approximate surface area is 88.0 Å². The van der Waals surface area contributed by atoms with Crippen LogP contribution in [-0.2, 0) is 4.79 Å². The second-order valence-electron chi connectivity index (χ2n) is 3.12. The maximum Gasteiger partial charge on any atom is 0.328 e. The molecule has 0 heterocycles. The van der Waals surface area contributed by atoms with Crippen molar-refractivity contribution in [1.29, 1.82) is 0 Å². The summed E-state index contributed by atoms with van der Waals surface area (Å²) in [5.74, 6) is -0.800. The second kappa shape index (κ2) is 5.00. The molecular weight excluding hydrogens is 192 g/mol. The summed E-state index contributed by atoms with van der Waals surface area (Å²) < 4.78 is 0. The molecule has 0 aromatic heterocycles. The average molecular weight is 204 g/mol. The van der Waals surface area contributed by atoms with Gasteiger partial charge in [0.2, 0.25) is 0 Å². The van der Waals surface area contributed by atoms with E-state index in [0.717, 1.165) is 6.08 Å². The Hall–Kier alpha value is -2.03. The zero-order valence-corrected chi connectivity index (χ0v) is 8.34. The van der Waals surface area contributed by atoms with E-state index >= 15 is 0 Å². The number of hydrogen-bond donors (Lipinski definition) is 2. The van der Waals surface area contributed by atoms with Gasteiger partial charge in [0.05, 0.1) is 0 Å². The van der Waals surface area contributed by atoms with Gasteiger partial charge in [-0.2, -0.15) is 0 Å². The van der Waals surface area contributed by atoms with E-state index < -0.39 is 5.97 Å². The van der Waals surface area contributed by atoms with Crippen LogP contribution in [0, 0.1) is 0 Å². The molecule has 15 heavy (non-hydrogen) atoms. The second-order valence-corrected chi connectivity index (χ2v) is 3.12. The molecule has 0 fully saturated rings. The van der Waals surface area contributed by atoms with Crippen molar-refractivity contribution >= 4 is 12.0 Å². The number of benzene rings is 1. The largest absolute Gasteiger partial charge is 0.507 e. The highest BCUT2D eigenvalue weighted by atomic mass is 16.4. The van der Waals surface area contributed by atoms with Crippen LogP contribution in [0.4, 0.5) is 0 Å². The highest BCUT2D eigenvalue weighted by Crippen LogP contribution is 2.17. The maximum atomic E-state index is 10.3. The van der Waals surface area contributed by atoms with Crippen molar-refractivity contribution in [2.75, 3.05) is 0 Å². The van der Waals surface area contributed by atoms with Gasteiger partial charge in [0.1, 0.15) is 5.75 Å². The number of phenolic OH excluding ortho intramolecular Hbond substituents is 1. The third-order valence-corrected chi connectivity index (χ3v) is 1.81. The van der Waals surface area contributed by atoms with Crippen molar-refractivity contribution < 1.29 is 15.0 Å². The standard InChI is InChI=1S/C12H12O3/c1-9(8-12(14)15)6-7-10-4-2-3-5-11(10)13/h2-8,13H,1H3,(H,14,15)/b7-6+,9-8+. The van der Waals surface area contributed by atoms with Crippen molar-refractivity contribution in [3.63, 3.8) is 0 Å². The minimum atomic E-state index is -0.977. The van der Waals surface area contributed by atoms with E-state index in [1.165, 1.54) is 0 Å². The smallest absolute Gasteiger partial charge is 0.328 e. The zero-order valence-electron chi connectivity index (χ0n) is 8.34. The number of carboxylic acids is 1. The molecule has 0 atom stereocenters. The van der Waals surface area contributed by atoms with E-state index in [9.17, 15) is 9.90 Å². The van der Waals surface area contributed by atoms with Gasteiger partial charge in [0, 0.05) is 11.6 Å². The first-order valence-electron chi connectivity index (χ1n) is 4.47. The Balaban J connectivity index is 2.83. The third-order valence-electron chi connectivity index (χ3n) is 1.81. The lowest BCUT2D eigenvalue weighted by Gasteiger charge is -1.96. The molecule has 78 valence electrons. The van der Waals surface area contributed by atoms with Crippen LogP contribution in [-0.4, -0.2) is 16.2 Å². The lowest BCUT2D eigenvalue weighted by molar-refractivity contribution is -0.131. The third kappa shape index (κ3) is 3.68. The molecule has 0 unspecified atom stereocenters. The lowest BCUT2D eigenvalue weighted by Crippen LogP contribution is -1.87. The normalized spacial score (nSPS) is 11.9. The van der Waals surface area contributed by atoms with Gasteiger partial charge in [-0.05, 0) is 18.6 Å². The monoisotopic (exact) mass is 204 g/mol. The number of phenols is 1. The maximum absolute atomic E-state index is 10.3. The fraction of sp³-hybridized carbons (Fsp3) is 0.0833. The van der Waals surface area contributed by atoms with Gasteiger partial charge in [-0.15, -0.1) is 0 Å². The van der Waals surface area contributed by atoms with Crippen molar-refractivity contribution in [3.05, 3.63) is 47.6 Å². The van der Waals surface area contributed by atoms with Gasteiger partial charge in [0.15, 0.2) is 0 Å². The fourth-order valence-electron chi connectivity index (χ4n) is 1.09. The summed E-state index contributed by atoms with van der Waals surface area (Å²) in [7, 11) is 0. The molecule has 1 aromatic carbocycles. The predicted octanol–water partition coefficient (Wildman–Crippen LogP) is 2.44. The Kier molecular flexibility index (Phi) is 3.68. The molecule has 3 heteroatoms. The van der Waals surface area contributed by atoms with E-state index in [-0.39, 0.29) is 5.75 Å². The lowest BCUT2D eigenvalue weighted by atomic mass is 10.1. The van der Waals surface area contributed by atoms with Gasteiger partial charge >= 0.3 is 5.97 Å². The molecular formula is C12H12O3. The molecule has 0 aliphatic rings. The summed E-state index contributed by atoms with van der Waals surface area (Å²) in [5.41, 5.74) is 1.28. The van der Waals surface area contributed by atoms with Crippen LogP contribution in [0.5, 0.6) is 5.75 Å². The molecule has 0 radical (unpaired) electrons. The molecule has 3 nitrogen and oxygen atoms in total. The van der Waals surface area contributed by atoms with Crippen LogP contribution in [0.25, 0.3) is 6.08 Å². The van der Waals surface area contributed by atoms with Gasteiger partial charge in [0.25, 0.3) is 0 Å². The van der Waals surface area contributed by atoms with Crippen LogP contribution in [0.1, 0.15) is 12.5 Å². The first-order chi connectivity index (χ1) is 7.09. The molecule has 0 amide bonds.